The van der Waals surface area contributed by atoms with E-state index in [4.69, 9.17) is 5.73 Å². The Balaban J connectivity index is 3.35. The molecule has 0 aromatic carbocycles. The van der Waals surface area contributed by atoms with E-state index in [1.54, 1.807) is 0 Å². The predicted molar refractivity (Wildman–Crippen MR) is 42.2 cm³/mol. The fraction of sp³-hybridized carbons (Fsp3) is 0.500. The second kappa shape index (κ2) is 5.57. The van der Waals surface area contributed by atoms with Gasteiger partial charge in [-0.3, -0.25) is 0 Å². The summed E-state index contributed by atoms with van der Waals surface area (Å²) in [6.45, 7) is 4.90. The lowest BCUT2D eigenvalue weighted by atomic mass is 10.3. The van der Waals surface area contributed by atoms with E-state index in [2.05, 4.69) is 26.0 Å². The molecule has 0 aliphatic heterocycles. The zero-order valence-electron chi connectivity index (χ0n) is 6.22. The van der Waals surface area contributed by atoms with Crippen LogP contribution in [0.5, 0.6) is 0 Å². The van der Waals surface area contributed by atoms with Gasteiger partial charge in [0.25, 0.3) is 0 Å². The molecular formula is C8H15N. The van der Waals surface area contributed by atoms with Gasteiger partial charge in [-0.15, -0.1) is 0 Å². The average molecular weight is 125 g/mol. The maximum absolute atomic E-state index is 5.27. The van der Waals surface area contributed by atoms with Gasteiger partial charge in [-0.25, -0.2) is 0 Å². The molecule has 0 aromatic rings. The minimum Gasteiger partial charge on any atom is -0.330 e. The molecule has 1 nitrogen and oxygen atoms in total. The van der Waals surface area contributed by atoms with E-state index in [1.807, 2.05) is 6.08 Å². The molecule has 0 aromatic heterocycles. The summed E-state index contributed by atoms with van der Waals surface area (Å²) in [6.07, 6.45) is 7.18. The number of allylic oxidation sites excluding steroid dienone is 3. The molecule has 0 spiro atoms. The molecule has 0 bridgehead atoms. The fourth-order valence-electron chi connectivity index (χ4n) is 0.453. The van der Waals surface area contributed by atoms with Crippen molar-refractivity contribution in [3.63, 3.8) is 0 Å². The topological polar surface area (TPSA) is 26.0 Å². The Morgan fingerprint density at radius 2 is 2.11 bits per heavy atom. The minimum absolute atomic E-state index is 0.743. The first kappa shape index (κ1) is 8.44. The SMILES string of the molecule is CC(C)=C/C=C/CCN. The maximum Gasteiger partial charge on any atom is -0.00425 e. The summed E-state index contributed by atoms with van der Waals surface area (Å²) < 4.78 is 0. The summed E-state index contributed by atoms with van der Waals surface area (Å²) >= 11 is 0. The van der Waals surface area contributed by atoms with Crippen molar-refractivity contribution >= 4 is 0 Å². The van der Waals surface area contributed by atoms with Gasteiger partial charge in [-0.05, 0) is 26.8 Å². The molecular weight excluding hydrogens is 110 g/mol. The molecule has 0 unspecified atom stereocenters. The van der Waals surface area contributed by atoms with Gasteiger partial charge in [0, 0.05) is 0 Å². The third-order valence-electron chi connectivity index (χ3n) is 0.899. The Morgan fingerprint density at radius 3 is 2.56 bits per heavy atom. The Labute approximate surface area is 57.3 Å². The summed E-state index contributed by atoms with van der Waals surface area (Å²) in [5.74, 6) is 0. The number of hydrogen-bond donors (Lipinski definition) is 1. The molecule has 1 heteroatoms. The molecule has 0 heterocycles. The van der Waals surface area contributed by atoms with Crippen molar-refractivity contribution in [2.75, 3.05) is 6.54 Å². The largest absolute Gasteiger partial charge is 0.330 e. The van der Waals surface area contributed by atoms with E-state index in [0.717, 1.165) is 13.0 Å². The van der Waals surface area contributed by atoms with Crippen LogP contribution < -0.4 is 5.73 Å². The van der Waals surface area contributed by atoms with E-state index in [-0.39, 0.29) is 0 Å². The summed E-state index contributed by atoms with van der Waals surface area (Å²) in [7, 11) is 0. The molecule has 2 N–H and O–H groups in total. The van der Waals surface area contributed by atoms with E-state index < -0.39 is 0 Å². The van der Waals surface area contributed by atoms with Gasteiger partial charge in [-0.2, -0.15) is 0 Å². The maximum atomic E-state index is 5.27. The van der Waals surface area contributed by atoms with Crippen LogP contribution in [0.4, 0.5) is 0 Å². The Bertz CT molecular complexity index is 108. The van der Waals surface area contributed by atoms with Crippen molar-refractivity contribution < 1.29 is 0 Å². The van der Waals surface area contributed by atoms with Crippen LogP contribution in [-0.4, -0.2) is 6.54 Å². The molecule has 0 radical (unpaired) electrons. The van der Waals surface area contributed by atoms with E-state index in [1.165, 1.54) is 5.57 Å². The highest BCUT2D eigenvalue weighted by Gasteiger charge is 1.71. The van der Waals surface area contributed by atoms with Gasteiger partial charge >= 0.3 is 0 Å². The van der Waals surface area contributed by atoms with Crippen molar-refractivity contribution in [2.24, 2.45) is 5.73 Å². The van der Waals surface area contributed by atoms with Crippen LogP contribution in [0.15, 0.2) is 23.8 Å². The summed E-state index contributed by atoms with van der Waals surface area (Å²) in [4.78, 5) is 0. The summed E-state index contributed by atoms with van der Waals surface area (Å²) in [6, 6.07) is 0. The van der Waals surface area contributed by atoms with Gasteiger partial charge in [0.05, 0.1) is 0 Å². The lowest BCUT2D eigenvalue weighted by Crippen LogP contribution is -1.94. The second-order valence-electron chi connectivity index (χ2n) is 2.25. The van der Waals surface area contributed by atoms with Crippen LogP contribution in [0.3, 0.4) is 0 Å². The van der Waals surface area contributed by atoms with Crippen molar-refractivity contribution in [1.29, 1.82) is 0 Å². The number of rotatable bonds is 3. The van der Waals surface area contributed by atoms with E-state index in [9.17, 15) is 0 Å². The van der Waals surface area contributed by atoms with Gasteiger partial charge in [-0.1, -0.05) is 23.8 Å². The molecule has 0 fully saturated rings. The molecule has 0 aliphatic rings. The summed E-state index contributed by atoms with van der Waals surface area (Å²) in [5.41, 5.74) is 6.60. The Kier molecular flexibility index (Phi) is 5.23. The molecule has 0 saturated heterocycles. The highest BCUT2D eigenvalue weighted by atomic mass is 14.5. The molecule has 0 aliphatic carbocycles. The van der Waals surface area contributed by atoms with Crippen LogP contribution in [0.25, 0.3) is 0 Å². The summed E-state index contributed by atoms with van der Waals surface area (Å²) in [5, 5.41) is 0. The zero-order chi connectivity index (χ0) is 7.11. The van der Waals surface area contributed by atoms with Crippen LogP contribution in [-0.2, 0) is 0 Å². The molecule has 0 saturated carbocycles. The smallest absolute Gasteiger partial charge is 0.00425 e. The monoisotopic (exact) mass is 125 g/mol. The van der Waals surface area contributed by atoms with Crippen LogP contribution in [0.2, 0.25) is 0 Å². The lowest BCUT2D eigenvalue weighted by Gasteiger charge is -1.83. The fourth-order valence-corrected chi connectivity index (χ4v) is 0.453. The minimum atomic E-state index is 0.743. The van der Waals surface area contributed by atoms with Gasteiger partial charge in [0.2, 0.25) is 0 Å². The van der Waals surface area contributed by atoms with Gasteiger partial charge in [0.1, 0.15) is 0 Å². The molecule has 9 heavy (non-hydrogen) atoms. The first-order valence-electron chi connectivity index (χ1n) is 3.27. The molecule has 52 valence electrons. The third kappa shape index (κ3) is 7.44. The van der Waals surface area contributed by atoms with Crippen molar-refractivity contribution in [3.8, 4) is 0 Å². The normalized spacial score (nSPS) is 10.1. The van der Waals surface area contributed by atoms with E-state index in [0.29, 0.717) is 0 Å². The molecule has 0 rings (SSSR count). The first-order valence-corrected chi connectivity index (χ1v) is 3.27. The molecule has 0 amide bonds. The molecule has 0 atom stereocenters. The lowest BCUT2D eigenvalue weighted by molar-refractivity contribution is 1.01. The van der Waals surface area contributed by atoms with E-state index >= 15 is 0 Å². The highest BCUT2D eigenvalue weighted by molar-refractivity contribution is 5.07. The number of nitrogens with two attached hydrogens (primary N) is 1. The third-order valence-corrected chi connectivity index (χ3v) is 0.899. The highest BCUT2D eigenvalue weighted by Crippen LogP contribution is 1.89. The standard InChI is InChI=1S/C8H15N/c1-8(2)6-4-3-5-7-9/h3-4,6H,5,7,9H2,1-2H3/b4-3+. The Hall–Kier alpha value is -0.560. The zero-order valence-corrected chi connectivity index (χ0v) is 6.22. The second-order valence-corrected chi connectivity index (χ2v) is 2.25. The van der Waals surface area contributed by atoms with Crippen LogP contribution in [0.1, 0.15) is 20.3 Å². The first-order chi connectivity index (χ1) is 4.27. The van der Waals surface area contributed by atoms with Crippen molar-refractivity contribution in [2.45, 2.75) is 20.3 Å². The van der Waals surface area contributed by atoms with Crippen LogP contribution in [0, 0.1) is 0 Å². The van der Waals surface area contributed by atoms with Crippen LogP contribution >= 0.6 is 0 Å². The Morgan fingerprint density at radius 1 is 1.44 bits per heavy atom. The van der Waals surface area contributed by atoms with Crippen molar-refractivity contribution in [3.05, 3.63) is 23.8 Å². The van der Waals surface area contributed by atoms with Gasteiger partial charge in [0.15, 0.2) is 0 Å². The van der Waals surface area contributed by atoms with Crippen molar-refractivity contribution in [1.82, 2.24) is 0 Å². The average Bonchev–Trinajstić information content (AvgIpc) is 1.80. The predicted octanol–water partition coefficient (Wildman–Crippen LogP) is 1.86. The van der Waals surface area contributed by atoms with Gasteiger partial charge < -0.3 is 5.73 Å². The quantitative estimate of drug-likeness (QED) is 0.572. The number of hydrogen-bond acceptors (Lipinski definition) is 1.